The molecule has 1 fully saturated rings. The van der Waals surface area contributed by atoms with Gasteiger partial charge in [-0.3, -0.25) is 9.36 Å². The van der Waals surface area contributed by atoms with Crippen LogP contribution < -0.4 is 10.1 Å². The second-order valence-electron chi connectivity index (χ2n) is 7.25. The summed E-state index contributed by atoms with van der Waals surface area (Å²) in [4.78, 5) is 12.4. The highest BCUT2D eigenvalue weighted by atomic mass is 32.2. The van der Waals surface area contributed by atoms with Gasteiger partial charge in [-0.2, -0.15) is 0 Å². The van der Waals surface area contributed by atoms with Gasteiger partial charge < -0.3 is 10.1 Å². The number of rotatable bonds is 7. The summed E-state index contributed by atoms with van der Waals surface area (Å²) in [6.45, 7) is 3.96. The number of thioether (sulfide) groups is 1. The van der Waals surface area contributed by atoms with Crippen molar-refractivity contribution in [2.45, 2.75) is 43.1 Å². The monoisotopic (exact) mass is 408 g/mol. The molecule has 0 aliphatic heterocycles. The first-order valence-electron chi connectivity index (χ1n) is 9.69. The van der Waals surface area contributed by atoms with Crippen LogP contribution in [0.15, 0.2) is 53.7 Å². The number of methoxy groups -OCH3 is 1. The van der Waals surface area contributed by atoms with Crippen LogP contribution in [0, 0.1) is 6.92 Å². The fraction of sp³-hybridized carbons (Fsp3) is 0.318. The predicted octanol–water partition coefficient (Wildman–Crippen LogP) is 4.01. The van der Waals surface area contributed by atoms with Crippen molar-refractivity contribution in [3.8, 4) is 22.8 Å². The molecule has 2 aromatic carbocycles. The number of hydrogen-bond donors (Lipinski definition) is 1. The number of aromatic nitrogens is 3. The van der Waals surface area contributed by atoms with E-state index in [1.54, 1.807) is 7.11 Å². The highest BCUT2D eigenvalue weighted by Gasteiger charge is 2.27. The SMILES string of the molecule is COc1ccc(-c2nnc(SC(C)C(=O)NC3CC3)n2-c2ccc(C)cc2)cc1. The molecular formula is C22H24N4O2S. The molecule has 0 spiro atoms. The Morgan fingerprint density at radius 2 is 1.83 bits per heavy atom. The van der Waals surface area contributed by atoms with Gasteiger partial charge in [-0.15, -0.1) is 10.2 Å². The second-order valence-corrected chi connectivity index (χ2v) is 8.56. The van der Waals surface area contributed by atoms with Gasteiger partial charge in [0.1, 0.15) is 5.75 Å². The maximum atomic E-state index is 12.4. The fourth-order valence-corrected chi connectivity index (χ4v) is 3.83. The fourth-order valence-electron chi connectivity index (χ4n) is 2.96. The van der Waals surface area contributed by atoms with Crippen molar-refractivity contribution in [1.82, 2.24) is 20.1 Å². The average molecular weight is 409 g/mol. The molecule has 1 aromatic heterocycles. The Labute approximate surface area is 174 Å². The number of carbonyl (C=O) groups is 1. The molecule has 1 atom stereocenters. The average Bonchev–Trinajstić information content (AvgIpc) is 3.46. The molecular weight excluding hydrogens is 384 g/mol. The van der Waals surface area contributed by atoms with Crippen LogP contribution in [-0.4, -0.2) is 39.1 Å². The summed E-state index contributed by atoms with van der Waals surface area (Å²) in [6.07, 6.45) is 2.15. The first kappa shape index (κ1) is 19.5. The van der Waals surface area contributed by atoms with Crippen molar-refractivity contribution in [1.29, 1.82) is 0 Å². The third-order valence-electron chi connectivity index (χ3n) is 4.85. The molecule has 0 radical (unpaired) electrons. The number of aryl methyl sites for hydroxylation is 1. The number of carbonyl (C=O) groups excluding carboxylic acids is 1. The van der Waals surface area contributed by atoms with Crippen LogP contribution >= 0.6 is 11.8 Å². The van der Waals surface area contributed by atoms with E-state index in [4.69, 9.17) is 4.74 Å². The van der Waals surface area contributed by atoms with Gasteiger partial charge in [-0.05, 0) is 63.1 Å². The van der Waals surface area contributed by atoms with E-state index in [0.717, 1.165) is 35.7 Å². The Bertz CT molecular complexity index is 995. The molecule has 3 aromatic rings. The lowest BCUT2D eigenvalue weighted by atomic mass is 10.2. The standard InChI is InChI=1S/C22H24N4O2S/c1-14-4-10-18(11-5-14)26-20(16-6-12-19(28-3)13-7-16)24-25-22(26)29-15(2)21(27)23-17-8-9-17/h4-7,10-13,15,17H,8-9H2,1-3H3,(H,23,27). The number of nitrogens with one attached hydrogen (secondary N) is 1. The van der Waals surface area contributed by atoms with Crippen molar-refractivity contribution < 1.29 is 9.53 Å². The Morgan fingerprint density at radius 1 is 1.14 bits per heavy atom. The van der Waals surface area contributed by atoms with Gasteiger partial charge in [0.05, 0.1) is 12.4 Å². The van der Waals surface area contributed by atoms with Crippen LogP contribution in [0.5, 0.6) is 5.75 Å². The van der Waals surface area contributed by atoms with Gasteiger partial charge in [0.25, 0.3) is 0 Å². The lowest BCUT2D eigenvalue weighted by molar-refractivity contribution is -0.120. The topological polar surface area (TPSA) is 69.0 Å². The molecule has 7 heteroatoms. The van der Waals surface area contributed by atoms with E-state index < -0.39 is 0 Å². The molecule has 1 aliphatic carbocycles. The van der Waals surface area contributed by atoms with Gasteiger partial charge in [-0.25, -0.2) is 0 Å². The molecule has 1 N–H and O–H groups in total. The summed E-state index contributed by atoms with van der Waals surface area (Å²) in [5.74, 6) is 1.56. The van der Waals surface area contributed by atoms with E-state index >= 15 is 0 Å². The summed E-state index contributed by atoms with van der Waals surface area (Å²) >= 11 is 1.42. The molecule has 150 valence electrons. The first-order valence-corrected chi connectivity index (χ1v) is 10.6. The molecule has 1 heterocycles. The van der Waals surface area contributed by atoms with Crippen LogP contribution in [-0.2, 0) is 4.79 Å². The summed E-state index contributed by atoms with van der Waals surface area (Å²) in [5, 5.41) is 12.4. The highest BCUT2D eigenvalue weighted by molar-refractivity contribution is 8.00. The second kappa shape index (κ2) is 8.29. The smallest absolute Gasteiger partial charge is 0.233 e. The van der Waals surface area contributed by atoms with E-state index in [9.17, 15) is 4.79 Å². The minimum atomic E-state index is -0.257. The summed E-state index contributed by atoms with van der Waals surface area (Å²) < 4.78 is 7.27. The molecule has 1 saturated carbocycles. The largest absolute Gasteiger partial charge is 0.497 e. The van der Waals surface area contributed by atoms with Crippen LogP contribution in [0.2, 0.25) is 0 Å². The molecule has 0 saturated heterocycles. The van der Waals surface area contributed by atoms with E-state index in [0.29, 0.717) is 11.2 Å². The van der Waals surface area contributed by atoms with Gasteiger partial charge >= 0.3 is 0 Å². The summed E-state index contributed by atoms with van der Waals surface area (Å²) in [6, 6.07) is 16.3. The van der Waals surface area contributed by atoms with Crippen molar-refractivity contribution in [2.24, 2.45) is 0 Å². The van der Waals surface area contributed by atoms with Gasteiger partial charge in [0.2, 0.25) is 5.91 Å². The molecule has 6 nitrogen and oxygen atoms in total. The lowest BCUT2D eigenvalue weighted by Gasteiger charge is -2.14. The van der Waals surface area contributed by atoms with Crippen LogP contribution in [0.25, 0.3) is 17.1 Å². The van der Waals surface area contributed by atoms with Crippen molar-refractivity contribution >= 4 is 17.7 Å². The summed E-state index contributed by atoms with van der Waals surface area (Å²) in [7, 11) is 1.65. The number of amides is 1. The van der Waals surface area contributed by atoms with Crippen LogP contribution in [0.3, 0.4) is 0 Å². The van der Waals surface area contributed by atoms with E-state index in [-0.39, 0.29) is 11.2 Å². The molecule has 1 amide bonds. The van der Waals surface area contributed by atoms with E-state index in [1.165, 1.54) is 17.3 Å². The Morgan fingerprint density at radius 3 is 2.45 bits per heavy atom. The van der Waals surface area contributed by atoms with Gasteiger partial charge in [-0.1, -0.05) is 29.5 Å². The van der Waals surface area contributed by atoms with Crippen molar-refractivity contribution in [3.63, 3.8) is 0 Å². The molecule has 29 heavy (non-hydrogen) atoms. The normalized spacial score (nSPS) is 14.4. The molecule has 1 unspecified atom stereocenters. The third-order valence-corrected chi connectivity index (χ3v) is 5.89. The summed E-state index contributed by atoms with van der Waals surface area (Å²) in [5.41, 5.74) is 3.07. The molecule has 1 aliphatic rings. The Balaban J connectivity index is 1.69. The van der Waals surface area contributed by atoms with Crippen molar-refractivity contribution in [3.05, 3.63) is 54.1 Å². The third kappa shape index (κ3) is 4.45. The quantitative estimate of drug-likeness (QED) is 0.598. The number of ether oxygens (including phenoxy) is 1. The maximum Gasteiger partial charge on any atom is 0.233 e. The van der Waals surface area contributed by atoms with E-state index in [2.05, 4.69) is 34.6 Å². The van der Waals surface area contributed by atoms with Gasteiger partial charge in [0.15, 0.2) is 11.0 Å². The number of hydrogen-bond acceptors (Lipinski definition) is 5. The van der Waals surface area contributed by atoms with Crippen LogP contribution in [0.1, 0.15) is 25.3 Å². The minimum Gasteiger partial charge on any atom is -0.497 e. The molecule has 0 bridgehead atoms. The zero-order valence-electron chi connectivity index (χ0n) is 16.8. The minimum absolute atomic E-state index is 0.0435. The Hall–Kier alpha value is -2.80. The zero-order valence-corrected chi connectivity index (χ0v) is 17.6. The Kier molecular flexibility index (Phi) is 5.58. The lowest BCUT2D eigenvalue weighted by Crippen LogP contribution is -2.32. The number of nitrogens with zero attached hydrogens (tertiary/aromatic N) is 3. The predicted molar refractivity (Wildman–Crippen MR) is 115 cm³/mol. The van der Waals surface area contributed by atoms with Gasteiger partial charge in [0, 0.05) is 17.3 Å². The number of benzene rings is 2. The molecule has 4 rings (SSSR count). The maximum absolute atomic E-state index is 12.4. The highest BCUT2D eigenvalue weighted by Crippen LogP contribution is 2.31. The zero-order chi connectivity index (χ0) is 20.4. The van der Waals surface area contributed by atoms with Crippen molar-refractivity contribution in [2.75, 3.05) is 7.11 Å². The first-order chi connectivity index (χ1) is 14.0. The van der Waals surface area contributed by atoms with Crippen LogP contribution in [0.4, 0.5) is 0 Å². The van der Waals surface area contributed by atoms with E-state index in [1.807, 2.05) is 47.9 Å².